The van der Waals surface area contributed by atoms with Gasteiger partial charge in [0.25, 0.3) is 0 Å². The van der Waals surface area contributed by atoms with Crippen molar-refractivity contribution < 1.29 is 0 Å². The molecule has 0 radical (unpaired) electrons. The van der Waals surface area contributed by atoms with E-state index >= 15 is 0 Å². The fraction of sp³-hybridized carbons (Fsp3) is 0.111. The Morgan fingerprint density at radius 3 is 3.08 bits per heavy atom. The predicted octanol–water partition coefficient (Wildman–Crippen LogP) is 1.03. The van der Waals surface area contributed by atoms with Crippen LogP contribution in [-0.2, 0) is 0 Å². The van der Waals surface area contributed by atoms with Crippen molar-refractivity contribution in [3.8, 4) is 0 Å². The Kier molecular flexibility index (Phi) is 1.96. The Bertz CT molecular complexity index is 356. The lowest BCUT2D eigenvalue weighted by molar-refractivity contribution is 1.11. The molecular formula is C9H10N4. The molecule has 0 saturated heterocycles. The van der Waals surface area contributed by atoms with Crippen LogP contribution in [0.1, 0.15) is 0 Å². The molecular weight excluding hydrogens is 164 g/mol. The van der Waals surface area contributed by atoms with Crippen LogP contribution in [0.2, 0.25) is 0 Å². The van der Waals surface area contributed by atoms with Gasteiger partial charge in [-0.05, 0) is 18.2 Å². The lowest BCUT2D eigenvalue weighted by atomic mass is 10.3. The van der Waals surface area contributed by atoms with Crippen molar-refractivity contribution in [2.45, 2.75) is 0 Å². The van der Waals surface area contributed by atoms with Crippen LogP contribution in [0.25, 0.3) is 0 Å². The zero-order valence-corrected chi connectivity index (χ0v) is 7.09. The number of hydrogen-bond donors (Lipinski definition) is 1. The number of aromatic nitrogens is 1. The van der Waals surface area contributed by atoms with Crippen LogP contribution >= 0.6 is 0 Å². The fourth-order valence-electron chi connectivity index (χ4n) is 1.20. The Labute approximate surface area is 76.4 Å². The van der Waals surface area contributed by atoms with Crippen LogP contribution in [0.5, 0.6) is 0 Å². The van der Waals surface area contributed by atoms with Crippen molar-refractivity contribution in [1.29, 1.82) is 0 Å². The molecule has 4 nitrogen and oxygen atoms in total. The fourth-order valence-corrected chi connectivity index (χ4v) is 1.20. The molecule has 1 aromatic rings. The minimum absolute atomic E-state index is 0.532. The predicted molar refractivity (Wildman–Crippen MR) is 53.6 cm³/mol. The summed E-state index contributed by atoms with van der Waals surface area (Å²) in [6, 6.07) is 3.78. The van der Waals surface area contributed by atoms with Gasteiger partial charge in [0.1, 0.15) is 5.82 Å². The molecule has 1 aromatic heterocycles. The van der Waals surface area contributed by atoms with Gasteiger partial charge in [-0.1, -0.05) is 0 Å². The second kappa shape index (κ2) is 3.26. The average Bonchev–Trinajstić information content (AvgIpc) is 2.20. The molecule has 66 valence electrons. The highest BCUT2D eigenvalue weighted by Crippen LogP contribution is 2.19. The molecule has 0 fully saturated rings. The Hall–Kier alpha value is -1.84. The van der Waals surface area contributed by atoms with E-state index in [1.807, 2.05) is 23.1 Å². The number of nitrogen functional groups attached to an aromatic ring is 1. The molecule has 0 unspecified atom stereocenters. The third-order valence-electron chi connectivity index (χ3n) is 1.83. The van der Waals surface area contributed by atoms with E-state index in [4.69, 9.17) is 5.73 Å². The van der Waals surface area contributed by atoms with Crippen LogP contribution in [-0.4, -0.2) is 17.9 Å². The van der Waals surface area contributed by atoms with Crippen molar-refractivity contribution >= 4 is 17.8 Å². The largest absolute Gasteiger partial charge is 0.382 e. The molecule has 2 heterocycles. The summed E-state index contributed by atoms with van der Waals surface area (Å²) in [5.41, 5.74) is 6.61. The number of rotatable bonds is 1. The maximum atomic E-state index is 5.71. The number of hydrogen-bond acceptors (Lipinski definition) is 4. The van der Waals surface area contributed by atoms with E-state index in [1.54, 1.807) is 18.7 Å². The van der Waals surface area contributed by atoms with E-state index in [0.717, 1.165) is 12.2 Å². The van der Waals surface area contributed by atoms with E-state index in [-0.39, 0.29) is 0 Å². The first-order valence-corrected chi connectivity index (χ1v) is 4.03. The monoisotopic (exact) mass is 174 g/mol. The van der Waals surface area contributed by atoms with Gasteiger partial charge in [0.05, 0.1) is 12.0 Å². The summed E-state index contributed by atoms with van der Waals surface area (Å²) in [7, 11) is 0. The minimum atomic E-state index is 0.532. The Balaban J connectivity index is 2.30. The van der Waals surface area contributed by atoms with Crippen LogP contribution in [0, 0.1) is 0 Å². The van der Waals surface area contributed by atoms with Gasteiger partial charge in [-0.25, -0.2) is 9.98 Å². The Morgan fingerprint density at radius 1 is 1.46 bits per heavy atom. The second-order valence-corrected chi connectivity index (χ2v) is 2.71. The van der Waals surface area contributed by atoms with E-state index < -0.39 is 0 Å². The molecule has 4 heteroatoms. The Morgan fingerprint density at radius 2 is 2.38 bits per heavy atom. The first-order chi connectivity index (χ1) is 6.38. The zero-order chi connectivity index (χ0) is 9.10. The van der Waals surface area contributed by atoms with Gasteiger partial charge in [-0.15, -0.1) is 0 Å². The quantitative estimate of drug-likeness (QED) is 0.691. The second-order valence-electron chi connectivity index (χ2n) is 2.71. The maximum Gasteiger partial charge on any atom is 0.147 e. The highest BCUT2D eigenvalue weighted by atomic mass is 15.2. The number of anilines is 2. The van der Waals surface area contributed by atoms with Gasteiger partial charge in [-0.2, -0.15) is 0 Å². The van der Waals surface area contributed by atoms with Gasteiger partial charge in [0.2, 0.25) is 0 Å². The summed E-state index contributed by atoms with van der Waals surface area (Å²) in [6.07, 6.45) is 7.15. The van der Waals surface area contributed by atoms with Crippen molar-refractivity contribution in [2.24, 2.45) is 4.99 Å². The highest BCUT2D eigenvalue weighted by Gasteiger charge is 2.07. The molecule has 0 spiro atoms. The smallest absolute Gasteiger partial charge is 0.147 e. The van der Waals surface area contributed by atoms with Crippen molar-refractivity contribution in [2.75, 3.05) is 17.2 Å². The molecule has 2 N–H and O–H groups in total. The van der Waals surface area contributed by atoms with E-state index in [2.05, 4.69) is 9.98 Å². The van der Waals surface area contributed by atoms with E-state index in [1.165, 1.54) is 0 Å². The maximum absolute atomic E-state index is 5.71. The molecule has 1 aliphatic heterocycles. The molecule has 0 saturated carbocycles. The van der Waals surface area contributed by atoms with Crippen LogP contribution in [0.15, 0.2) is 35.6 Å². The third kappa shape index (κ3) is 1.51. The van der Waals surface area contributed by atoms with Crippen molar-refractivity contribution in [3.63, 3.8) is 0 Å². The zero-order valence-electron chi connectivity index (χ0n) is 7.09. The first-order valence-electron chi connectivity index (χ1n) is 4.03. The van der Waals surface area contributed by atoms with Gasteiger partial charge in [0.15, 0.2) is 0 Å². The summed E-state index contributed by atoms with van der Waals surface area (Å²) in [6.45, 7) is 0.791. The lowest BCUT2D eigenvalue weighted by Gasteiger charge is -2.20. The average molecular weight is 174 g/mol. The number of nitrogens with two attached hydrogens (primary N) is 1. The van der Waals surface area contributed by atoms with Crippen LogP contribution < -0.4 is 10.6 Å². The van der Waals surface area contributed by atoms with Gasteiger partial charge < -0.3 is 10.6 Å². The van der Waals surface area contributed by atoms with Crippen molar-refractivity contribution in [3.05, 3.63) is 30.6 Å². The summed E-state index contributed by atoms with van der Waals surface area (Å²) >= 11 is 0. The molecule has 0 aliphatic carbocycles. The van der Waals surface area contributed by atoms with Gasteiger partial charge >= 0.3 is 0 Å². The highest BCUT2D eigenvalue weighted by molar-refractivity contribution is 5.85. The van der Waals surface area contributed by atoms with Crippen LogP contribution in [0.4, 0.5) is 11.5 Å². The molecule has 0 amide bonds. The van der Waals surface area contributed by atoms with E-state index in [9.17, 15) is 0 Å². The minimum Gasteiger partial charge on any atom is -0.382 e. The summed E-state index contributed by atoms with van der Waals surface area (Å²) < 4.78 is 0. The SMILES string of the molecule is Nc1ncccc1N1C=NC=CC1. The van der Waals surface area contributed by atoms with Crippen LogP contribution in [0.3, 0.4) is 0 Å². The van der Waals surface area contributed by atoms with Gasteiger partial charge in [-0.3, -0.25) is 0 Å². The topological polar surface area (TPSA) is 54.5 Å². The third-order valence-corrected chi connectivity index (χ3v) is 1.83. The number of nitrogens with zero attached hydrogens (tertiary/aromatic N) is 3. The molecule has 1 aliphatic rings. The summed E-state index contributed by atoms with van der Waals surface area (Å²) in [5.74, 6) is 0.532. The first kappa shape index (κ1) is 7.79. The number of aliphatic imine (C=N–C) groups is 1. The standard InChI is InChI=1S/C9H10N4/c10-9-8(3-1-5-12-9)13-6-2-4-11-7-13/h1-5,7H,6H2,(H2,10,12). The lowest BCUT2D eigenvalue weighted by Crippen LogP contribution is -2.24. The molecule has 0 aromatic carbocycles. The molecule has 2 rings (SSSR count). The molecule has 13 heavy (non-hydrogen) atoms. The molecule has 0 atom stereocenters. The number of pyridine rings is 1. The molecule has 0 bridgehead atoms. The van der Waals surface area contributed by atoms with E-state index in [0.29, 0.717) is 5.82 Å². The normalized spacial score (nSPS) is 14.9. The van der Waals surface area contributed by atoms with Gasteiger partial charge in [0, 0.05) is 18.9 Å². The summed E-state index contributed by atoms with van der Waals surface area (Å²) in [5, 5.41) is 0. The van der Waals surface area contributed by atoms with Crippen molar-refractivity contribution in [1.82, 2.24) is 4.98 Å². The summed E-state index contributed by atoms with van der Waals surface area (Å²) in [4.78, 5) is 9.96.